The van der Waals surface area contributed by atoms with E-state index >= 15 is 0 Å². The maximum atomic E-state index is 12.4. The first-order valence-electron chi connectivity index (χ1n) is 9.58. The molecule has 0 aromatic heterocycles. The lowest BCUT2D eigenvalue weighted by Gasteiger charge is -2.29. The molecule has 0 spiro atoms. The Hall–Kier alpha value is -2.08. The van der Waals surface area contributed by atoms with Crippen molar-refractivity contribution in [1.29, 1.82) is 0 Å². The summed E-state index contributed by atoms with van der Waals surface area (Å²) < 4.78 is 5.16. The molecule has 6 heteroatoms. The second-order valence-corrected chi connectivity index (χ2v) is 7.17. The van der Waals surface area contributed by atoms with Gasteiger partial charge in [-0.2, -0.15) is 0 Å². The van der Waals surface area contributed by atoms with Crippen LogP contribution in [0, 0.1) is 5.92 Å². The van der Waals surface area contributed by atoms with Crippen LogP contribution in [0.15, 0.2) is 24.3 Å². The molecule has 0 saturated heterocycles. The molecule has 144 valence electrons. The molecule has 2 amide bonds. The summed E-state index contributed by atoms with van der Waals surface area (Å²) in [5.74, 6) is 1.17. The molecule has 0 bridgehead atoms. The number of anilines is 1. The highest BCUT2D eigenvalue weighted by Gasteiger charge is 2.24. The lowest BCUT2D eigenvalue weighted by molar-refractivity contribution is -0.881. The molecule has 1 unspecified atom stereocenters. The third-order valence-electron chi connectivity index (χ3n) is 5.13. The van der Waals surface area contributed by atoms with Gasteiger partial charge in [-0.1, -0.05) is 25.8 Å². The highest BCUT2D eigenvalue weighted by atomic mass is 16.5. The lowest BCUT2D eigenvalue weighted by Crippen LogP contribution is -3.14. The molecular formula is C20H32N3O3+. The quantitative estimate of drug-likeness (QED) is 0.651. The van der Waals surface area contributed by atoms with Crippen molar-refractivity contribution < 1.29 is 19.2 Å². The predicted molar refractivity (Wildman–Crippen MR) is 102 cm³/mol. The van der Waals surface area contributed by atoms with Gasteiger partial charge in [0.15, 0.2) is 13.1 Å². The summed E-state index contributed by atoms with van der Waals surface area (Å²) in [6, 6.07) is 7.54. The lowest BCUT2D eigenvalue weighted by atomic mass is 9.86. The Morgan fingerprint density at radius 1 is 1.19 bits per heavy atom. The van der Waals surface area contributed by atoms with Gasteiger partial charge in [-0.15, -0.1) is 0 Å². The van der Waals surface area contributed by atoms with E-state index in [0.717, 1.165) is 17.9 Å². The highest BCUT2D eigenvalue weighted by molar-refractivity contribution is 5.91. The monoisotopic (exact) mass is 362 g/mol. The standard InChI is InChI=1S/C20H31N3O3/c1-4-23(14-20(25)22-18-11-6-5-8-15(18)2)13-19(24)21-16-9-7-10-17(12-16)26-3/h7,9-10,12,15,18H,4-6,8,11,13-14H2,1-3H3,(H,21,24)(H,22,25)/p+1/t15-,18-/m0/s1. The minimum Gasteiger partial charge on any atom is -0.497 e. The van der Waals surface area contributed by atoms with Crippen LogP contribution in [-0.4, -0.2) is 44.6 Å². The Morgan fingerprint density at radius 3 is 2.62 bits per heavy atom. The minimum absolute atomic E-state index is 0.0368. The Balaban J connectivity index is 1.81. The van der Waals surface area contributed by atoms with Crippen LogP contribution in [0.1, 0.15) is 39.5 Å². The number of likely N-dealkylation sites (N-methyl/N-ethyl adjacent to an activating group) is 1. The van der Waals surface area contributed by atoms with Crippen LogP contribution in [0.25, 0.3) is 0 Å². The molecule has 1 aliphatic carbocycles. The van der Waals surface area contributed by atoms with Gasteiger partial charge in [0.05, 0.1) is 13.7 Å². The molecule has 1 fully saturated rings. The van der Waals surface area contributed by atoms with Crippen LogP contribution in [0.3, 0.4) is 0 Å². The number of carbonyl (C=O) groups excluding carboxylic acids is 2. The first-order valence-corrected chi connectivity index (χ1v) is 9.58. The van der Waals surface area contributed by atoms with Crippen molar-refractivity contribution in [2.45, 2.75) is 45.6 Å². The maximum absolute atomic E-state index is 12.4. The van der Waals surface area contributed by atoms with Crippen molar-refractivity contribution in [3.8, 4) is 5.75 Å². The zero-order valence-corrected chi connectivity index (χ0v) is 16.1. The summed E-state index contributed by atoms with van der Waals surface area (Å²) in [6.45, 7) is 5.51. The highest BCUT2D eigenvalue weighted by Crippen LogP contribution is 2.23. The van der Waals surface area contributed by atoms with Gasteiger partial charge in [-0.05, 0) is 37.8 Å². The molecule has 3 atom stereocenters. The van der Waals surface area contributed by atoms with E-state index < -0.39 is 0 Å². The molecule has 1 aromatic rings. The zero-order valence-electron chi connectivity index (χ0n) is 16.1. The molecule has 1 saturated carbocycles. The third-order valence-corrected chi connectivity index (χ3v) is 5.13. The molecule has 6 nitrogen and oxygen atoms in total. The third kappa shape index (κ3) is 6.33. The number of amides is 2. The van der Waals surface area contributed by atoms with Crippen LogP contribution in [0.5, 0.6) is 5.75 Å². The molecule has 1 aromatic carbocycles. The Labute approximate surface area is 156 Å². The van der Waals surface area contributed by atoms with Crippen molar-refractivity contribution in [2.75, 3.05) is 32.1 Å². The molecule has 3 N–H and O–H groups in total. The van der Waals surface area contributed by atoms with Crippen molar-refractivity contribution >= 4 is 17.5 Å². The van der Waals surface area contributed by atoms with E-state index in [4.69, 9.17) is 4.74 Å². The molecule has 0 radical (unpaired) electrons. The van der Waals surface area contributed by atoms with Gasteiger partial charge in [0, 0.05) is 17.8 Å². The minimum atomic E-state index is -0.103. The first kappa shape index (κ1) is 20.2. The molecule has 0 heterocycles. The van der Waals surface area contributed by atoms with Crippen molar-refractivity contribution in [1.82, 2.24) is 5.32 Å². The van der Waals surface area contributed by atoms with Crippen molar-refractivity contribution in [3.63, 3.8) is 0 Å². The molecule has 0 aliphatic heterocycles. The largest absolute Gasteiger partial charge is 0.497 e. The summed E-state index contributed by atoms with van der Waals surface area (Å²) in [5, 5.41) is 6.04. The van der Waals surface area contributed by atoms with Crippen LogP contribution < -0.4 is 20.3 Å². The van der Waals surface area contributed by atoms with Crippen molar-refractivity contribution in [2.24, 2.45) is 5.92 Å². The van der Waals surface area contributed by atoms with Crippen LogP contribution in [0.4, 0.5) is 5.69 Å². The second kappa shape index (κ2) is 10.2. The number of carbonyl (C=O) groups is 2. The number of hydrogen-bond donors (Lipinski definition) is 3. The summed E-state index contributed by atoms with van der Waals surface area (Å²) in [6.07, 6.45) is 4.68. The summed E-state index contributed by atoms with van der Waals surface area (Å²) >= 11 is 0. The van der Waals surface area contributed by atoms with E-state index in [1.54, 1.807) is 13.2 Å². The number of nitrogens with one attached hydrogen (secondary N) is 3. The fourth-order valence-corrected chi connectivity index (χ4v) is 3.46. The van der Waals surface area contributed by atoms with Gasteiger partial charge in [0.25, 0.3) is 11.8 Å². The van der Waals surface area contributed by atoms with E-state index in [1.165, 1.54) is 19.3 Å². The normalized spacial score (nSPS) is 20.9. The van der Waals surface area contributed by atoms with E-state index in [1.807, 2.05) is 25.1 Å². The summed E-state index contributed by atoms with van der Waals surface area (Å²) in [5.41, 5.74) is 0.699. The second-order valence-electron chi connectivity index (χ2n) is 7.17. The van der Waals surface area contributed by atoms with Gasteiger partial charge in [0.2, 0.25) is 0 Å². The average molecular weight is 362 g/mol. The Morgan fingerprint density at radius 2 is 1.92 bits per heavy atom. The number of hydrogen-bond acceptors (Lipinski definition) is 3. The SMILES string of the molecule is CC[NH+](CC(=O)Nc1cccc(OC)c1)CC(=O)N[C@H]1CCCC[C@@H]1C. The zero-order chi connectivity index (χ0) is 18.9. The van der Waals surface area contributed by atoms with E-state index in [-0.39, 0.29) is 24.4 Å². The number of benzene rings is 1. The summed E-state index contributed by atoms with van der Waals surface area (Å²) in [7, 11) is 1.59. The number of rotatable bonds is 8. The fourth-order valence-electron chi connectivity index (χ4n) is 3.46. The molecule has 26 heavy (non-hydrogen) atoms. The van der Waals surface area contributed by atoms with Gasteiger partial charge in [-0.3, -0.25) is 9.59 Å². The number of ether oxygens (including phenoxy) is 1. The van der Waals surface area contributed by atoms with Crippen molar-refractivity contribution in [3.05, 3.63) is 24.3 Å². The molecule has 1 aliphatic rings. The number of methoxy groups -OCH3 is 1. The van der Waals surface area contributed by atoms with Crippen LogP contribution >= 0.6 is 0 Å². The molecule has 2 rings (SSSR count). The summed E-state index contributed by atoms with van der Waals surface area (Å²) in [4.78, 5) is 25.6. The van der Waals surface area contributed by atoms with Gasteiger partial charge in [0.1, 0.15) is 5.75 Å². The van der Waals surface area contributed by atoms with E-state index in [0.29, 0.717) is 23.9 Å². The van der Waals surface area contributed by atoms with E-state index in [9.17, 15) is 9.59 Å². The Bertz CT molecular complexity index is 606. The van der Waals surface area contributed by atoms with Crippen LogP contribution in [0.2, 0.25) is 0 Å². The predicted octanol–water partition coefficient (Wildman–Crippen LogP) is 1.23. The van der Waals surface area contributed by atoms with Gasteiger partial charge < -0.3 is 20.3 Å². The van der Waals surface area contributed by atoms with Gasteiger partial charge >= 0.3 is 0 Å². The maximum Gasteiger partial charge on any atom is 0.279 e. The molecular weight excluding hydrogens is 330 g/mol. The van der Waals surface area contributed by atoms with Gasteiger partial charge in [-0.25, -0.2) is 0 Å². The van der Waals surface area contributed by atoms with E-state index in [2.05, 4.69) is 17.6 Å². The first-order chi connectivity index (χ1) is 12.5. The average Bonchev–Trinajstić information content (AvgIpc) is 2.63. The smallest absolute Gasteiger partial charge is 0.279 e. The Kier molecular flexibility index (Phi) is 7.91. The van der Waals surface area contributed by atoms with Crippen LogP contribution in [-0.2, 0) is 9.59 Å². The fraction of sp³-hybridized carbons (Fsp3) is 0.600. The number of quaternary nitrogens is 1. The topological polar surface area (TPSA) is 71.9 Å².